The van der Waals surface area contributed by atoms with E-state index in [-0.39, 0.29) is 24.3 Å². The number of nitrogens with zero attached hydrogens (tertiary/aromatic N) is 3. The molecule has 0 spiro atoms. The molecule has 1 rings (SSSR count). The Hall–Kier alpha value is -1.57. The Kier molecular flexibility index (Phi) is 6.67. The second-order valence-corrected chi connectivity index (χ2v) is 6.26. The number of amides is 2. The third-order valence-electron chi connectivity index (χ3n) is 3.24. The summed E-state index contributed by atoms with van der Waals surface area (Å²) in [6.07, 6.45) is 0.693. The first-order chi connectivity index (χ1) is 9.81. The number of aromatic nitrogens is 3. The molecule has 0 aliphatic heterocycles. The van der Waals surface area contributed by atoms with Gasteiger partial charge in [-0.3, -0.25) is 9.59 Å². The predicted octanol–water partition coefficient (Wildman–Crippen LogP) is 0.486. The van der Waals surface area contributed by atoms with E-state index >= 15 is 0 Å². The Morgan fingerprint density at radius 2 is 2.00 bits per heavy atom. The minimum absolute atomic E-state index is 0.0251. The monoisotopic (exact) mass is 313 g/mol. The number of carbonyl (C=O) groups is 2. The molecule has 0 saturated heterocycles. The summed E-state index contributed by atoms with van der Waals surface area (Å²) >= 11 is 1.33. The number of hydrogen-bond acceptors (Lipinski definition) is 5. The van der Waals surface area contributed by atoms with Gasteiger partial charge in [-0.05, 0) is 12.8 Å². The van der Waals surface area contributed by atoms with Crippen LogP contribution in [-0.2, 0) is 23.1 Å². The van der Waals surface area contributed by atoms with E-state index in [1.54, 1.807) is 4.57 Å². The van der Waals surface area contributed by atoms with E-state index in [4.69, 9.17) is 5.73 Å². The van der Waals surface area contributed by atoms with Crippen molar-refractivity contribution in [3.05, 3.63) is 5.82 Å². The first-order valence-corrected chi connectivity index (χ1v) is 7.88. The largest absolute Gasteiger partial charge is 0.370 e. The molecule has 1 heterocycles. The van der Waals surface area contributed by atoms with Crippen molar-refractivity contribution in [2.75, 3.05) is 5.75 Å². The number of hydrogen-bond donors (Lipinski definition) is 2. The number of nitrogens with one attached hydrogen (secondary N) is 1. The summed E-state index contributed by atoms with van der Waals surface area (Å²) in [6.45, 7) is 6.11. The normalized spacial score (nSPS) is 12.4. The lowest BCUT2D eigenvalue weighted by Crippen LogP contribution is -2.37. The second-order valence-electron chi connectivity index (χ2n) is 5.31. The molecule has 3 N–H and O–H groups in total. The smallest absolute Gasteiger partial charge is 0.230 e. The van der Waals surface area contributed by atoms with E-state index in [9.17, 15) is 9.59 Å². The van der Waals surface area contributed by atoms with Gasteiger partial charge in [-0.15, -0.1) is 10.2 Å². The third-order valence-corrected chi connectivity index (χ3v) is 4.26. The molecule has 0 fully saturated rings. The Morgan fingerprint density at radius 3 is 2.57 bits per heavy atom. The van der Waals surface area contributed by atoms with Crippen LogP contribution in [0, 0.1) is 5.92 Å². The Balaban J connectivity index is 2.49. The fraction of sp³-hybridized carbons (Fsp3) is 0.692. The third kappa shape index (κ3) is 5.74. The maximum atomic E-state index is 11.8. The minimum Gasteiger partial charge on any atom is -0.370 e. The molecule has 0 aliphatic carbocycles. The molecule has 1 aromatic heterocycles. The lowest BCUT2D eigenvalue weighted by atomic mass is 10.1. The zero-order valence-corrected chi connectivity index (χ0v) is 13.7. The van der Waals surface area contributed by atoms with Gasteiger partial charge in [-0.25, -0.2) is 0 Å². The number of nitrogens with two attached hydrogens (primary N) is 1. The molecule has 2 amide bonds. The highest BCUT2D eigenvalue weighted by atomic mass is 32.2. The molecular formula is C13H23N5O2S. The predicted molar refractivity (Wildman–Crippen MR) is 81.7 cm³/mol. The van der Waals surface area contributed by atoms with Crippen LogP contribution >= 0.6 is 11.8 Å². The summed E-state index contributed by atoms with van der Waals surface area (Å²) in [4.78, 5) is 22.6. The molecule has 0 bridgehead atoms. The van der Waals surface area contributed by atoms with Crippen LogP contribution in [0.3, 0.4) is 0 Å². The van der Waals surface area contributed by atoms with Gasteiger partial charge in [0.05, 0.1) is 5.75 Å². The van der Waals surface area contributed by atoms with Crippen LogP contribution in [0.15, 0.2) is 5.16 Å². The van der Waals surface area contributed by atoms with Crippen LogP contribution in [-0.4, -0.2) is 38.4 Å². The minimum atomic E-state index is -0.366. The van der Waals surface area contributed by atoms with Gasteiger partial charge < -0.3 is 15.6 Å². The zero-order chi connectivity index (χ0) is 16.0. The van der Waals surface area contributed by atoms with Crippen molar-refractivity contribution in [1.82, 2.24) is 20.1 Å². The van der Waals surface area contributed by atoms with Crippen LogP contribution in [0.5, 0.6) is 0 Å². The highest BCUT2D eigenvalue weighted by molar-refractivity contribution is 7.99. The molecule has 0 radical (unpaired) electrons. The lowest BCUT2D eigenvalue weighted by molar-refractivity contribution is -0.119. The van der Waals surface area contributed by atoms with Gasteiger partial charge in [0.25, 0.3) is 0 Å². The average molecular weight is 313 g/mol. The summed E-state index contributed by atoms with van der Waals surface area (Å²) in [6, 6.07) is 0.142. The van der Waals surface area contributed by atoms with Gasteiger partial charge in [0, 0.05) is 25.9 Å². The number of carbonyl (C=O) groups excluding carboxylic acids is 2. The summed E-state index contributed by atoms with van der Waals surface area (Å²) in [5.41, 5.74) is 5.11. The maximum absolute atomic E-state index is 11.8. The average Bonchev–Trinajstić information content (AvgIpc) is 2.74. The molecule has 8 heteroatoms. The number of aryl methyl sites for hydroxylation is 1. The van der Waals surface area contributed by atoms with Gasteiger partial charge in [-0.2, -0.15) is 0 Å². The molecule has 21 heavy (non-hydrogen) atoms. The van der Waals surface area contributed by atoms with Crippen LogP contribution in [0.1, 0.15) is 33.0 Å². The second kappa shape index (κ2) is 8.02. The first-order valence-electron chi connectivity index (χ1n) is 6.90. The van der Waals surface area contributed by atoms with Gasteiger partial charge in [0.2, 0.25) is 11.8 Å². The number of primary amides is 1. The zero-order valence-electron chi connectivity index (χ0n) is 12.9. The van der Waals surface area contributed by atoms with Gasteiger partial charge in [-0.1, -0.05) is 25.6 Å². The van der Waals surface area contributed by atoms with E-state index in [1.165, 1.54) is 11.8 Å². The Morgan fingerprint density at radius 1 is 1.33 bits per heavy atom. The van der Waals surface area contributed by atoms with Gasteiger partial charge >= 0.3 is 0 Å². The Labute approximate surface area is 129 Å². The quantitative estimate of drug-likeness (QED) is 0.680. The van der Waals surface area contributed by atoms with E-state index in [0.29, 0.717) is 29.1 Å². The van der Waals surface area contributed by atoms with Crippen LogP contribution < -0.4 is 11.1 Å². The van der Waals surface area contributed by atoms with Gasteiger partial charge in [0.15, 0.2) is 5.16 Å². The molecule has 7 nitrogen and oxygen atoms in total. The van der Waals surface area contributed by atoms with E-state index in [1.807, 2.05) is 14.0 Å². The molecule has 0 unspecified atom stereocenters. The summed E-state index contributed by atoms with van der Waals surface area (Å²) in [5.74, 6) is 0.984. The van der Waals surface area contributed by atoms with Crippen molar-refractivity contribution in [2.24, 2.45) is 18.7 Å². The van der Waals surface area contributed by atoms with Crippen molar-refractivity contribution >= 4 is 23.6 Å². The van der Waals surface area contributed by atoms with Crippen LogP contribution in [0.4, 0.5) is 0 Å². The van der Waals surface area contributed by atoms with Gasteiger partial charge in [0.1, 0.15) is 5.82 Å². The summed E-state index contributed by atoms with van der Waals surface area (Å²) in [7, 11) is 1.81. The van der Waals surface area contributed by atoms with Crippen molar-refractivity contribution in [2.45, 2.75) is 44.8 Å². The van der Waals surface area contributed by atoms with Crippen molar-refractivity contribution in [3.8, 4) is 0 Å². The van der Waals surface area contributed by atoms with E-state index in [2.05, 4.69) is 29.4 Å². The van der Waals surface area contributed by atoms with Crippen molar-refractivity contribution < 1.29 is 9.59 Å². The summed E-state index contributed by atoms with van der Waals surface area (Å²) < 4.78 is 1.78. The first kappa shape index (κ1) is 17.5. The molecule has 118 valence electrons. The van der Waals surface area contributed by atoms with Crippen molar-refractivity contribution in [3.63, 3.8) is 0 Å². The number of thioether (sulfide) groups is 1. The SMILES string of the molecule is CC(C)[C@@H](C)NC(=O)CSc1nnc(CCC(N)=O)n1C. The van der Waals surface area contributed by atoms with Crippen molar-refractivity contribution in [1.29, 1.82) is 0 Å². The highest BCUT2D eigenvalue weighted by Crippen LogP contribution is 2.16. The molecule has 0 aliphatic rings. The van der Waals surface area contributed by atoms with Crippen LogP contribution in [0.2, 0.25) is 0 Å². The van der Waals surface area contributed by atoms with E-state index < -0.39 is 0 Å². The molecule has 1 atom stereocenters. The number of rotatable bonds is 8. The topological polar surface area (TPSA) is 103 Å². The molecule has 0 saturated carbocycles. The highest BCUT2D eigenvalue weighted by Gasteiger charge is 2.14. The molecular weight excluding hydrogens is 290 g/mol. The molecule has 0 aromatic carbocycles. The fourth-order valence-electron chi connectivity index (χ4n) is 1.52. The Bertz CT molecular complexity index is 501. The van der Waals surface area contributed by atoms with E-state index in [0.717, 1.165) is 0 Å². The molecule has 1 aromatic rings. The summed E-state index contributed by atoms with van der Waals surface area (Å²) in [5, 5.41) is 11.6. The van der Waals surface area contributed by atoms with Crippen LogP contribution in [0.25, 0.3) is 0 Å². The lowest BCUT2D eigenvalue weighted by Gasteiger charge is -2.17. The fourth-order valence-corrected chi connectivity index (χ4v) is 2.26. The standard InChI is InChI=1S/C13H23N5O2S/c1-8(2)9(3)15-12(20)7-21-13-17-16-11(18(13)4)6-5-10(14)19/h8-9H,5-7H2,1-4H3,(H2,14,19)(H,15,20)/t9-/m1/s1. The maximum Gasteiger partial charge on any atom is 0.230 e.